The first kappa shape index (κ1) is 15.9. The van der Waals surface area contributed by atoms with Crippen LogP contribution in [-0.4, -0.2) is 65.4 Å². The molecular formula is C15H23N5O3. The maximum Gasteiger partial charge on any atom is 0.313 e. The SMILES string of the molecule is CN1CCC(NC(=O)C(=O)Nc2cnn(CC3CCCO3)c2)C1. The lowest BCUT2D eigenvalue weighted by molar-refractivity contribution is -0.136. The second-order valence-corrected chi connectivity index (χ2v) is 6.26. The van der Waals surface area contributed by atoms with Gasteiger partial charge in [-0.3, -0.25) is 14.3 Å². The van der Waals surface area contributed by atoms with Crippen molar-refractivity contribution >= 4 is 17.5 Å². The van der Waals surface area contributed by atoms with Crippen molar-refractivity contribution in [2.45, 2.75) is 38.0 Å². The molecule has 0 aliphatic carbocycles. The first-order valence-corrected chi connectivity index (χ1v) is 8.04. The van der Waals surface area contributed by atoms with Gasteiger partial charge in [-0.05, 0) is 32.9 Å². The monoisotopic (exact) mass is 321 g/mol. The summed E-state index contributed by atoms with van der Waals surface area (Å²) in [6.45, 7) is 3.17. The average molecular weight is 321 g/mol. The molecule has 1 aromatic rings. The molecule has 2 aliphatic heterocycles. The molecule has 1 aromatic heterocycles. The van der Waals surface area contributed by atoms with Crippen LogP contribution in [0.1, 0.15) is 19.3 Å². The second-order valence-electron chi connectivity index (χ2n) is 6.26. The van der Waals surface area contributed by atoms with Crippen LogP contribution in [0.4, 0.5) is 5.69 Å². The van der Waals surface area contributed by atoms with Crippen LogP contribution in [0.2, 0.25) is 0 Å². The lowest BCUT2D eigenvalue weighted by Crippen LogP contribution is -2.42. The van der Waals surface area contributed by atoms with E-state index in [9.17, 15) is 9.59 Å². The fourth-order valence-corrected chi connectivity index (χ4v) is 3.02. The number of likely N-dealkylation sites (N-methyl/N-ethyl adjacent to an activating group) is 1. The number of carbonyl (C=O) groups is 2. The normalized spacial score (nSPS) is 24.7. The van der Waals surface area contributed by atoms with E-state index in [-0.39, 0.29) is 12.1 Å². The number of aromatic nitrogens is 2. The van der Waals surface area contributed by atoms with Crippen molar-refractivity contribution in [1.29, 1.82) is 0 Å². The van der Waals surface area contributed by atoms with Crippen molar-refractivity contribution in [3.63, 3.8) is 0 Å². The minimum absolute atomic E-state index is 0.0421. The summed E-state index contributed by atoms with van der Waals surface area (Å²) in [5, 5.41) is 9.53. The number of rotatable bonds is 4. The summed E-state index contributed by atoms with van der Waals surface area (Å²) in [6, 6.07) is 0.0421. The van der Waals surface area contributed by atoms with Crippen LogP contribution >= 0.6 is 0 Å². The molecule has 0 spiro atoms. The van der Waals surface area contributed by atoms with Gasteiger partial charge < -0.3 is 20.3 Å². The maximum absolute atomic E-state index is 11.9. The molecule has 0 aromatic carbocycles. The highest BCUT2D eigenvalue weighted by atomic mass is 16.5. The lowest BCUT2D eigenvalue weighted by Gasteiger charge is -2.12. The molecule has 2 amide bonds. The van der Waals surface area contributed by atoms with Gasteiger partial charge in [-0.25, -0.2) is 0 Å². The van der Waals surface area contributed by atoms with E-state index in [2.05, 4.69) is 20.6 Å². The van der Waals surface area contributed by atoms with Gasteiger partial charge in [0.05, 0.1) is 24.5 Å². The van der Waals surface area contributed by atoms with Gasteiger partial charge in [-0.2, -0.15) is 5.10 Å². The molecule has 0 saturated carbocycles. The number of ether oxygens (including phenoxy) is 1. The molecule has 3 heterocycles. The molecule has 0 radical (unpaired) electrons. The highest BCUT2D eigenvalue weighted by Gasteiger charge is 2.24. The molecule has 3 rings (SSSR count). The molecule has 0 bridgehead atoms. The minimum atomic E-state index is -0.656. The largest absolute Gasteiger partial charge is 0.376 e. The lowest BCUT2D eigenvalue weighted by atomic mass is 10.2. The molecule has 126 valence electrons. The van der Waals surface area contributed by atoms with Crippen molar-refractivity contribution in [3.05, 3.63) is 12.4 Å². The van der Waals surface area contributed by atoms with E-state index >= 15 is 0 Å². The summed E-state index contributed by atoms with van der Waals surface area (Å²) in [5.41, 5.74) is 0.520. The maximum atomic E-state index is 11.9. The van der Waals surface area contributed by atoms with Gasteiger partial charge in [0.15, 0.2) is 0 Å². The van der Waals surface area contributed by atoms with Crippen molar-refractivity contribution in [1.82, 2.24) is 20.0 Å². The molecule has 2 saturated heterocycles. The minimum Gasteiger partial charge on any atom is -0.376 e. The number of nitrogens with zero attached hydrogens (tertiary/aromatic N) is 3. The van der Waals surface area contributed by atoms with E-state index in [1.807, 2.05) is 7.05 Å². The first-order chi connectivity index (χ1) is 11.1. The second kappa shape index (κ2) is 7.10. The van der Waals surface area contributed by atoms with Gasteiger partial charge in [0.1, 0.15) is 0 Å². The number of hydrogen-bond acceptors (Lipinski definition) is 5. The predicted molar refractivity (Wildman–Crippen MR) is 83.9 cm³/mol. The van der Waals surface area contributed by atoms with Gasteiger partial charge in [0, 0.05) is 25.4 Å². The van der Waals surface area contributed by atoms with Crippen molar-refractivity contribution in [2.24, 2.45) is 0 Å². The highest BCUT2D eigenvalue weighted by Crippen LogP contribution is 2.15. The van der Waals surface area contributed by atoms with Gasteiger partial charge in [0.25, 0.3) is 0 Å². The molecule has 2 N–H and O–H groups in total. The number of likely N-dealkylation sites (tertiary alicyclic amines) is 1. The molecule has 2 aliphatic rings. The van der Waals surface area contributed by atoms with E-state index in [0.29, 0.717) is 12.2 Å². The fraction of sp³-hybridized carbons (Fsp3) is 0.667. The van der Waals surface area contributed by atoms with Gasteiger partial charge in [-0.15, -0.1) is 0 Å². The van der Waals surface area contributed by atoms with E-state index in [0.717, 1.165) is 39.0 Å². The van der Waals surface area contributed by atoms with E-state index in [1.165, 1.54) is 0 Å². The van der Waals surface area contributed by atoms with Crippen LogP contribution in [0.15, 0.2) is 12.4 Å². The number of amides is 2. The molecular weight excluding hydrogens is 298 g/mol. The quantitative estimate of drug-likeness (QED) is 0.751. The van der Waals surface area contributed by atoms with Crippen LogP contribution in [0.3, 0.4) is 0 Å². The third-order valence-corrected chi connectivity index (χ3v) is 4.24. The molecule has 8 heteroatoms. The zero-order valence-corrected chi connectivity index (χ0v) is 13.3. The Hall–Kier alpha value is -1.93. The summed E-state index contributed by atoms with van der Waals surface area (Å²) in [4.78, 5) is 26.0. The Morgan fingerprint density at radius 3 is 2.96 bits per heavy atom. The van der Waals surface area contributed by atoms with Crippen LogP contribution in [0.5, 0.6) is 0 Å². The third kappa shape index (κ3) is 4.29. The number of anilines is 1. The van der Waals surface area contributed by atoms with Crippen molar-refractivity contribution in [2.75, 3.05) is 32.1 Å². The third-order valence-electron chi connectivity index (χ3n) is 4.24. The van der Waals surface area contributed by atoms with Crippen LogP contribution < -0.4 is 10.6 Å². The van der Waals surface area contributed by atoms with Crippen LogP contribution in [0, 0.1) is 0 Å². The number of nitrogens with one attached hydrogen (secondary N) is 2. The number of carbonyl (C=O) groups excluding carboxylic acids is 2. The van der Waals surface area contributed by atoms with Crippen molar-refractivity contribution < 1.29 is 14.3 Å². The zero-order chi connectivity index (χ0) is 16.2. The highest BCUT2D eigenvalue weighted by molar-refractivity contribution is 6.39. The Kier molecular flexibility index (Phi) is 4.92. The summed E-state index contributed by atoms with van der Waals surface area (Å²) in [5.74, 6) is -1.26. The molecule has 23 heavy (non-hydrogen) atoms. The zero-order valence-electron chi connectivity index (χ0n) is 13.3. The molecule has 2 atom stereocenters. The summed E-state index contributed by atoms with van der Waals surface area (Å²) >= 11 is 0. The van der Waals surface area contributed by atoms with Gasteiger partial charge >= 0.3 is 11.8 Å². The standard InChI is InChI=1S/C15H23N5O3/c1-19-5-4-11(8-19)17-14(21)15(22)18-12-7-16-20(9-12)10-13-3-2-6-23-13/h7,9,11,13H,2-6,8,10H2,1H3,(H,17,21)(H,18,22). The Balaban J connectivity index is 1.47. The van der Waals surface area contributed by atoms with Crippen LogP contribution in [-0.2, 0) is 20.9 Å². The molecule has 2 fully saturated rings. The van der Waals surface area contributed by atoms with E-state index < -0.39 is 11.8 Å². The first-order valence-electron chi connectivity index (χ1n) is 8.04. The molecule has 2 unspecified atom stereocenters. The Morgan fingerprint density at radius 1 is 1.39 bits per heavy atom. The fourth-order valence-electron chi connectivity index (χ4n) is 3.02. The van der Waals surface area contributed by atoms with Gasteiger partial charge in [-0.1, -0.05) is 0 Å². The number of hydrogen-bond donors (Lipinski definition) is 2. The Bertz CT molecular complexity index is 567. The summed E-state index contributed by atoms with van der Waals surface area (Å²) in [7, 11) is 1.99. The molecule has 8 nitrogen and oxygen atoms in total. The average Bonchev–Trinajstić information content (AvgIpc) is 3.24. The van der Waals surface area contributed by atoms with Gasteiger partial charge in [0.2, 0.25) is 0 Å². The predicted octanol–water partition coefficient (Wildman–Crippen LogP) is -0.179. The summed E-state index contributed by atoms with van der Waals surface area (Å²) in [6.07, 6.45) is 6.42. The topological polar surface area (TPSA) is 88.5 Å². The van der Waals surface area contributed by atoms with E-state index in [1.54, 1.807) is 17.1 Å². The Morgan fingerprint density at radius 2 is 2.26 bits per heavy atom. The van der Waals surface area contributed by atoms with E-state index in [4.69, 9.17) is 4.74 Å². The van der Waals surface area contributed by atoms with Crippen molar-refractivity contribution in [3.8, 4) is 0 Å². The summed E-state index contributed by atoms with van der Waals surface area (Å²) < 4.78 is 7.28. The Labute approximate surface area is 135 Å². The smallest absolute Gasteiger partial charge is 0.313 e. The van der Waals surface area contributed by atoms with Crippen LogP contribution in [0.25, 0.3) is 0 Å².